The lowest BCUT2D eigenvalue weighted by Crippen LogP contribution is -2.47. The summed E-state index contributed by atoms with van der Waals surface area (Å²) in [6, 6.07) is 0. The van der Waals surface area contributed by atoms with Crippen LogP contribution in [0, 0.1) is 17.3 Å². The van der Waals surface area contributed by atoms with Crippen molar-refractivity contribution in [3.8, 4) is 0 Å². The zero-order valence-electron chi connectivity index (χ0n) is 12.3. The van der Waals surface area contributed by atoms with Crippen LogP contribution in [0.1, 0.15) is 59.3 Å². The summed E-state index contributed by atoms with van der Waals surface area (Å²) < 4.78 is 5.05. The minimum atomic E-state index is -1.34. The highest BCUT2D eigenvalue weighted by Crippen LogP contribution is 2.44. The number of aliphatic carboxylic acids is 1. The van der Waals surface area contributed by atoms with Crippen LogP contribution in [0.15, 0.2) is 0 Å². The largest absolute Gasteiger partial charge is 0.480 e. The van der Waals surface area contributed by atoms with Gasteiger partial charge in [-0.25, -0.2) is 0 Å². The second-order valence-electron chi connectivity index (χ2n) is 5.48. The van der Waals surface area contributed by atoms with Gasteiger partial charge in [-0.2, -0.15) is 0 Å². The van der Waals surface area contributed by atoms with Crippen molar-refractivity contribution in [2.45, 2.75) is 59.3 Å². The molecular formula is C15H26O4. The lowest BCUT2D eigenvalue weighted by molar-refractivity contribution is -0.175. The van der Waals surface area contributed by atoms with E-state index in [9.17, 15) is 14.7 Å². The number of hydrogen-bond acceptors (Lipinski definition) is 3. The van der Waals surface area contributed by atoms with Crippen molar-refractivity contribution in [1.29, 1.82) is 0 Å². The van der Waals surface area contributed by atoms with Gasteiger partial charge in [-0.1, -0.05) is 33.1 Å². The molecule has 19 heavy (non-hydrogen) atoms. The Labute approximate surface area is 115 Å². The van der Waals surface area contributed by atoms with Crippen molar-refractivity contribution in [1.82, 2.24) is 0 Å². The lowest BCUT2D eigenvalue weighted by atomic mass is 9.65. The fourth-order valence-electron chi connectivity index (χ4n) is 3.34. The zero-order chi connectivity index (χ0) is 14.5. The van der Waals surface area contributed by atoms with Gasteiger partial charge in [-0.3, -0.25) is 9.59 Å². The predicted octanol–water partition coefficient (Wildman–Crippen LogP) is 3.25. The van der Waals surface area contributed by atoms with Crippen LogP contribution in [0.4, 0.5) is 0 Å². The Bertz CT molecular complexity index is 318. The molecule has 1 unspecified atom stereocenters. The molecular weight excluding hydrogens is 244 g/mol. The summed E-state index contributed by atoms with van der Waals surface area (Å²) in [6.45, 7) is 5.89. The van der Waals surface area contributed by atoms with Gasteiger partial charge in [0.2, 0.25) is 0 Å². The van der Waals surface area contributed by atoms with E-state index in [1.165, 1.54) is 0 Å². The van der Waals surface area contributed by atoms with Crippen LogP contribution >= 0.6 is 0 Å². The summed E-state index contributed by atoms with van der Waals surface area (Å²) in [5, 5.41) is 9.60. The third-order valence-electron chi connectivity index (χ3n) is 4.70. The van der Waals surface area contributed by atoms with Gasteiger partial charge >= 0.3 is 11.9 Å². The number of carbonyl (C=O) groups excluding carboxylic acids is 1. The van der Waals surface area contributed by atoms with E-state index in [0.717, 1.165) is 32.1 Å². The summed E-state index contributed by atoms with van der Waals surface area (Å²) >= 11 is 0. The molecule has 0 heterocycles. The molecule has 0 amide bonds. The molecule has 0 bridgehead atoms. The van der Waals surface area contributed by atoms with E-state index < -0.39 is 17.4 Å². The van der Waals surface area contributed by atoms with Gasteiger partial charge in [0, 0.05) is 0 Å². The second kappa shape index (κ2) is 6.92. The third-order valence-corrected chi connectivity index (χ3v) is 4.70. The van der Waals surface area contributed by atoms with E-state index in [1.54, 1.807) is 13.8 Å². The van der Waals surface area contributed by atoms with Crippen molar-refractivity contribution in [3.05, 3.63) is 0 Å². The molecule has 4 heteroatoms. The molecule has 4 nitrogen and oxygen atoms in total. The van der Waals surface area contributed by atoms with Crippen molar-refractivity contribution >= 4 is 11.9 Å². The van der Waals surface area contributed by atoms with E-state index in [0.29, 0.717) is 12.3 Å². The second-order valence-corrected chi connectivity index (χ2v) is 5.48. The number of ether oxygens (including phenoxy) is 1. The maximum absolute atomic E-state index is 12.2. The highest BCUT2D eigenvalue weighted by molar-refractivity contribution is 5.99. The summed E-state index contributed by atoms with van der Waals surface area (Å²) in [6.07, 6.45) is 5.13. The van der Waals surface area contributed by atoms with Crippen molar-refractivity contribution in [3.63, 3.8) is 0 Å². The molecule has 0 aromatic rings. The average Bonchev–Trinajstić information content (AvgIpc) is 2.41. The van der Waals surface area contributed by atoms with Gasteiger partial charge in [0.25, 0.3) is 0 Å². The van der Waals surface area contributed by atoms with Gasteiger partial charge in [0.1, 0.15) is 0 Å². The molecule has 0 aromatic heterocycles. The maximum atomic E-state index is 12.2. The first kappa shape index (κ1) is 16.0. The van der Waals surface area contributed by atoms with Crippen molar-refractivity contribution < 1.29 is 19.4 Å². The predicted molar refractivity (Wildman–Crippen MR) is 72.7 cm³/mol. The Hall–Kier alpha value is -1.06. The molecule has 1 aliphatic carbocycles. The molecule has 1 fully saturated rings. The summed E-state index contributed by atoms with van der Waals surface area (Å²) in [4.78, 5) is 23.9. The minimum absolute atomic E-state index is 0.0863. The standard InChI is InChI=1S/C15H26O4/c1-4-11-7-9-12(10-8-11)15(5-2,13(16)17)14(18)19-6-3/h11-12H,4-10H2,1-3H3,(H,16,17). The van der Waals surface area contributed by atoms with Gasteiger partial charge in [0.05, 0.1) is 6.61 Å². The van der Waals surface area contributed by atoms with Crippen LogP contribution in [0.2, 0.25) is 0 Å². The minimum Gasteiger partial charge on any atom is -0.480 e. The Morgan fingerprint density at radius 2 is 1.74 bits per heavy atom. The molecule has 0 saturated heterocycles. The summed E-state index contributed by atoms with van der Waals surface area (Å²) in [5.74, 6) is -0.975. The van der Waals surface area contributed by atoms with Crippen LogP contribution in [-0.4, -0.2) is 23.7 Å². The number of esters is 1. The van der Waals surface area contributed by atoms with Crippen LogP contribution in [-0.2, 0) is 14.3 Å². The number of carboxylic acid groups (broad SMARTS) is 1. The molecule has 1 aliphatic rings. The van der Waals surface area contributed by atoms with E-state index in [-0.39, 0.29) is 12.5 Å². The van der Waals surface area contributed by atoms with E-state index in [1.807, 2.05) is 0 Å². The first-order chi connectivity index (χ1) is 9.02. The monoisotopic (exact) mass is 270 g/mol. The molecule has 1 atom stereocenters. The molecule has 0 radical (unpaired) electrons. The first-order valence-electron chi connectivity index (χ1n) is 7.43. The van der Waals surface area contributed by atoms with Crippen molar-refractivity contribution in [2.75, 3.05) is 6.61 Å². The number of hydrogen-bond donors (Lipinski definition) is 1. The number of rotatable bonds is 6. The number of carboxylic acids is 1. The number of carbonyl (C=O) groups is 2. The molecule has 110 valence electrons. The van der Waals surface area contributed by atoms with Crippen LogP contribution in [0.3, 0.4) is 0 Å². The van der Waals surface area contributed by atoms with E-state index in [4.69, 9.17) is 4.74 Å². The summed E-state index contributed by atoms with van der Waals surface area (Å²) in [7, 11) is 0. The SMILES string of the molecule is CCOC(=O)C(CC)(C(=O)O)C1CCC(CC)CC1. The quantitative estimate of drug-likeness (QED) is 0.594. The lowest BCUT2D eigenvalue weighted by Gasteiger charge is -2.38. The highest BCUT2D eigenvalue weighted by Gasteiger charge is 2.52. The molecule has 1 rings (SSSR count). The zero-order valence-corrected chi connectivity index (χ0v) is 12.3. The molecule has 0 spiro atoms. The fourth-order valence-corrected chi connectivity index (χ4v) is 3.34. The van der Waals surface area contributed by atoms with Gasteiger partial charge in [0.15, 0.2) is 5.41 Å². The molecule has 1 saturated carbocycles. The highest BCUT2D eigenvalue weighted by atomic mass is 16.5. The topological polar surface area (TPSA) is 63.6 Å². The molecule has 1 N–H and O–H groups in total. The van der Waals surface area contributed by atoms with Gasteiger partial charge < -0.3 is 9.84 Å². The van der Waals surface area contributed by atoms with Crippen LogP contribution in [0.25, 0.3) is 0 Å². The first-order valence-corrected chi connectivity index (χ1v) is 7.43. The molecule has 0 aliphatic heterocycles. The van der Waals surface area contributed by atoms with Gasteiger partial charge in [-0.05, 0) is 38.0 Å². The molecule has 0 aromatic carbocycles. The van der Waals surface area contributed by atoms with E-state index in [2.05, 4.69) is 6.92 Å². The Morgan fingerprint density at radius 1 is 1.16 bits per heavy atom. The average molecular weight is 270 g/mol. The Kier molecular flexibility index (Phi) is 5.83. The van der Waals surface area contributed by atoms with Crippen LogP contribution in [0.5, 0.6) is 0 Å². The van der Waals surface area contributed by atoms with E-state index >= 15 is 0 Å². The van der Waals surface area contributed by atoms with Crippen molar-refractivity contribution in [2.24, 2.45) is 17.3 Å². The fraction of sp³-hybridized carbons (Fsp3) is 0.867. The normalized spacial score (nSPS) is 26.5. The Morgan fingerprint density at radius 3 is 2.11 bits per heavy atom. The maximum Gasteiger partial charge on any atom is 0.323 e. The Balaban J connectivity index is 2.91. The summed E-state index contributed by atoms with van der Waals surface area (Å²) in [5.41, 5.74) is -1.34. The van der Waals surface area contributed by atoms with Crippen LogP contribution < -0.4 is 0 Å². The van der Waals surface area contributed by atoms with Gasteiger partial charge in [-0.15, -0.1) is 0 Å². The smallest absolute Gasteiger partial charge is 0.323 e. The third kappa shape index (κ3) is 3.10.